The van der Waals surface area contributed by atoms with Crippen molar-refractivity contribution >= 4 is 23.0 Å². The average Bonchev–Trinajstić information content (AvgIpc) is 2.95. The maximum Gasteiger partial charge on any atom is 0.340 e. The lowest BCUT2D eigenvalue weighted by atomic mass is 10.0. The zero-order chi connectivity index (χ0) is 14.3. The van der Waals surface area contributed by atoms with Crippen LogP contribution in [0.4, 0.5) is 0 Å². The Hall–Kier alpha value is -2.04. The van der Waals surface area contributed by atoms with Crippen molar-refractivity contribution in [2.24, 2.45) is 5.92 Å². The molecule has 1 atom stereocenters. The van der Waals surface area contributed by atoms with Crippen LogP contribution >= 0.6 is 0 Å². The molecule has 1 aliphatic heterocycles. The monoisotopic (exact) mass is 275 g/mol. The number of amides is 1. The third-order valence-corrected chi connectivity index (χ3v) is 4.08. The van der Waals surface area contributed by atoms with Crippen LogP contribution in [0.25, 0.3) is 11.2 Å². The smallest absolute Gasteiger partial charge is 0.340 e. The summed E-state index contributed by atoms with van der Waals surface area (Å²) in [5.41, 5.74) is 0.869. The van der Waals surface area contributed by atoms with Crippen LogP contribution in [-0.2, 0) is 0 Å². The van der Waals surface area contributed by atoms with Crippen molar-refractivity contribution in [2.45, 2.75) is 26.2 Å². The number of furan rings is 2. The summed E-state index contributed by atoms with van der Waals surface area (Å²) in [4.78, 5) is 25.7. The van der Waals surface area contributed by atoms with Crippen LogP contribution < -0.4 is 0 Å². The van der Waals surface area contributed by atoms with E-state index < -0.39 is 5.97 Å². The maximum atomic E-state index is 12.6. The third-order valence-electron chi connectivity index (χ3n) is 4.08. The number of hydrogen-bond donors (Lipinski definition) is 1. The number of aromatic carboxylic acids is 1. The maximum absolute atomic E-state index is 12.6. The van der Waals surface area contributed by atoms with Gasteiger partial charge in [0.15, 0.2) is 0 Å². The van der Waals surface area contributed by atoms with Crippen molar-refractivity contribution in [1.82, 2.24) is 4.90 Å². The Labute approximate surface area is 116 Å². The van der Waals surface area contributed by atoms with E-state index in [0.29, 0.717) is 24.6 Å². The van der Waals surface area contributed by atoms with Crippen molar-refractivity contribution in [1.29, 1.82) is 0 Å². The van der Waals surface area contributed by atoms with Gasteiger partial charge >= 0.3 is 5.97 Å². The molecule has 2 bridgehead atoms. The van der Waals surface area contributed by atoms with Gasteiger partial charge < -0.3 is 14.4 Å². The normalized spacial score (nSPS) is 20.2. The number of benzene rings is 1. The van der Waals surface area contributed by atoms with Gasteiger partial charge in [0.25, 0.3) is 5.91 Å². The summed E-state index contributed by atoms with van der Waals surface area (Å²) in [5.74, 6) is -0.712. The molecule has 1 amide bonds. The van der Waals surface area contributed by atoms with E-state index in [2.05, 4.69) is 6.92 Å². The van der Waals surface area contributed by atoms with Gasteiger partial charge in [-0.3, -0.25) is 4.79 Å². The highest BCUT2D eigenvalue weighted by molar-refractivity contribution is 6.14. The minimum absolute atomic E-state index is 0.00444. The molecular weight excluding hydrogens is 258 g/mol. The molecule has 106 valence electrons. The third kappa shape index (κ3) is 2.03. The molecule has 5 nitrogen and oxygen atoms in total. The fourth-order valence-electron chi connectivity index (χ4n) is 2.90. The second kappa shape index (κ2) is 4.81. The number of hydrogen-bond acceptors (Lipinski definition) is 3. The zero-order valence-electron chi connectivity index (χ0n) is 11.4. The number of carbonyl (C=O) groups is 2. The minimum atomic E-state index is -1.11. The molecule has 5 heteroatoms. The summed E-state index contributed by atoms with van der Waals surface area (Å²) in [7, 11) is 0. The van der Waals surface area contributed by atoms with Crippen LogP contribution in [0.5, 0.6) is 0 Å². The average molecular weight is 275 g/mol. The second-order valence-electron chi connectivity index (χ2n) is 5.55. The van der Waals surface area contributed by atoms with Gasteiger partial charge in [0.1, 0.15) is 22.3 Å². The second-order valence-corrected chi connectivity index (χ2v) is 5.55. The van der Waals surface area contributed by atoms with E-state index in [9.17, 15) is 14.7 Å². The van der Waals surface area contributed by atoms with Crippen molar-refractivity contribution < 1.29 is 19.1 Å². The van der Waals surface area contributed by atoms with Crippen molar-refractivity contribution in [2.75, 3.05) is 13.1 Å². The molecule has 2 aromatic heterocycles. The molecule has 0 aromatic carbocycles. The number of likely N-dealkylation sites (tertiary alicyclic amines) is 1. The number of nitrogens with zero attached hydrogens (tertiary/aromatic N) is 1. The molecule has 2 aromatic rings. The molecule has 0 aliphatic carbocycles. The molecule has 3 rings (SSSR count). The quantitative estimate of drug-likeness (QED) is 0.914. The molecule has 0 saturated carbocycles. The van der Waals surface area contributed by atoms with Gasteiger partial charge in [0.05, 0.1) is 0 Å². The van der Waals surface area contributed by atoms with E-state index >= 15 is 0 Å². The van der Waals surface area contributed by atoms with Gasteiger partial charge in [-0.15, -0.1) is 0 Å². The van der Waals surface area contributed by atoms with E-state index in [1.807, 2.05) is 0 Å². The number of carboxylic acids is 1. The number of carbonyl (C=O) groups excluding carboxylic acids is 1. The summed E-state index contributed by atoms with van der Waals surface area (Å²) < 4.78 is 5.34. The summed E-state index contributed by atoms with van der Waals surface area (Å²) in [6, 6.07) is 3.26. The Balaban J connectivity index is 1.93. The van der Waals surface area contributed by atoms with Crippen LogP contribution in [0.15, 0.2) is 16.5 Å². The standard InChI is InChI=1S/C15H17NO4/c1-9-3-2-7-16(8-6-9)14(17)12-10-4-5-11(20-10)13(12)15(18)19/h4-5,9H,2-3,6-8H2,1H3,(H,18,19). The molecule has 0 spiro atoms. The first kappa shape index (κ1) is 13.0. The van der Waals surface area contributed by atoms with Crippen LogP contribution in [0.3, 0.4) is 0 Å². The van der Waals surface area contributed by atoms with Gasteiger partial charge in [-0.2, -0.15) is 0 Å². The Morgan fingerprint density at radius 3 is 2.60 bits per heavy atom. The Bertz CT molecular complexity index is 645. The van der Waals surface area contributed by atoms with Crippen molar-refractivity contribution in [3.63, 3.8) is 0 Å². The summed E-state index contributed by atoms with van der Waals surface area (Å²) in [6.45, 7) is 3.55. The lowest BCUT2D eigenvalue weighted by molar-refractivity contribution is 0.0679. The minimum Gasteiger partial charge on any atom is -0.478 e. The highest BCUT2D eigenvalue weighted by atomic mass is 16.4. The molecule has 1 N–H and O–H groups in total. The summed E-state index contributed by atoms with van der Waals surface area (Å²) in [6.07, 6.45) is 3.04. The van der Waals surface area contributed by atoms with Gasteiger partial charge in [-0.1, -0.05) is 6.92 Å². The summed E-state index contributed by atoms with van der Waals surface area (Å²) in [5, 5.41) is 9.27. The van der Waals surface area contributed by atoms with E-state index in [0.717, 1.165) is 19.3 Å². The highest BCUT2D eigenvalue weighted by Gasteiger charge is 2.30. The molecule has 1 aliphatic rings. The van der Waals surface area contributed by atoms with Crippen LogP contribution in [-0.4, -0.2) is 35.0 Å². The lowest BCUT2D eigenvalue weighted by Gasteiger charge is -2.20. The molecular formula is C15H17NO4. The molecule has 0 radical (unpaired) electrons. The first-order valence-electron chi connectivity index (χ1n) is 6.95. The zero-order valence-corrected chi connectivity index (χ0v) is 11.4. The van der Waals surface area contributed by atoms with Crippen LogP contribution in [0.2, 0.25) is 0 Å². The Morgan fingerprint density at radius 1 is 1.20 bits per heavy atom. The largest absolute Gasteiger partial charge is 0.478 e. The summed E-state index contributed by atoms with van der Waals surface area (Å²) >= 11 is 0. The van der Waals surface area contributed by atoms with Crippen LogP contribution in [0.1, 0.15) is 46.9 Å². The number of rotatable bonds is 2. The van der Waals surface area contributed by atoms with Gasteiger partial charge in [-0.05, 0) is 37.3 Å². The molecule has 1 unspecified atom stereocenters. The van der Waals surface area contributed by atoms with Crippen molar-refractivity contribution in [3.8, 4) is 0 Å². The predicted molar refractivity (Wildman–Crippen MR) is 73.3 cm³/mol. The first-order valence-corrected chi connectivity index (χ1v) is 6.95. The van der Waals surface area contributed by atoms with E-state index in [4.69, 9.17) is 4.42 Å². The van der Waals surface area contributed by atoms with E-state index in [1.54, 1.807) is 17.0 Å². The Kier molecular flexibility index (Phi) is 3.12. The molecule has 1 saturated heterocycles. The SMILES string of the molecule is CC1CCCN(C(=O)c2c(C(=O)O)c3ccc2o3)CC1. The molecule has 3 heterocycles. The fourth-order valence-corrected chi connectivity index (χ4v) is 2.90. The van der Waals surface area contributed by atoms with Crippen molar-refractivity contribution in [3.05, 3.63) is 23.3 Å². The van der Waals surface area contributed by atoms with E-state index in [-0.39, 0.29) is 22.6 Å². The first-order chi connectivity index (χ1) is 9.58. The van der Waals surface area contributed by atoms with Crippen LogP contribution in [0, 0.1) is 5.92 Å². The number of carboxylic acid groups (broad SMARTS) is 1. The van der Waals surface area contributed by atoms with Gasteiger partial charge in [0, 0.05) is 13.1 Å². The predicted octanol–water partition coefficient (Wildman–Crippen LogP) is 2.83. The topological polar surface area (TPSA) is 70.8 Å². The fraction of sp³-hybridized carbons (Fsp3) is 0.467. The molecule has 1 fully saturated rings. The highest BCUT2D eigenvalue weighted by Crippen LogP contribution is 2.30. The Morgan fingerprint density at radius 2 is 1.90 bits per heavy atom. The lowest BCUT2D eigenvalue weighted by Crippen LogP contribution is -2.32. The van der Waals surface area contributed by atoms with Gasteiger partial charge in [0.2, 0.25) is 0 Å². The number of fused-ring (bicyclic) bond motifs is 2. The van der Waals surface area contributed by atoms with E-state index in [1.165, 1.54) is 0 Å². The molecule has 20 heavy (non-hydrogen) atoms. The van der Waals surface area contributed by atoms with Gasteiger partial charge in [-0.25, -0.2) is 4.79 Å².